The van der Waals surface area contributed by atoms with Crippen LogP contribution in [0.1, 0.15) is 36.0 Å². The molecule has 1 fully saturated rings. The highest BCUT2D eigenvalue weighted by molar-refractivity contribution is 6.30. The van der Waals surface area contributed by atoms with Crippen molar-refractivity contribution in [3.8, 4) is 0 Å². The lowest BCUT2D eigenvalue weighted by atomic mass is 9.67. The minimum absolute atomic E-state index is 0.172. The molecule has 0 saturated heterocycles. The van der Waals surface area contributed by atoms with E-state index in [4.69, 9.17) is 11.6 Å². The summed E-state index contributed by atoms with van der Waals surface area (Å²) in [6.45, 7) is 2.96. The van der Waals surface area contributed by atoms with Crippen LogP contribution < -0.4 is 0 Å². The fraction of sp³-hybridized carbons (Fsp3) is 0.391. The quantitative estimate of drug-likeness (QED) is 0.792. The molecule has 138 valence electrons. The van der Waals surface area contributed by atoms with Gasteiger partial charge in [0.2, 0.25) is 0 Å². The third-order valence-electron chi connectivity index (χ3n) is 5.43. The van der Waals surface area contributed by atoms with Gasteiger partial charge in [-0.15, -0.1) is 0 Å². The Labute approximate surface area is 162 Å². The first kappa shape index (κ1) is 19.2. The predicted molar refractivity (Wildman–Crippen MR) is 110 cm³/mol. The Kier molecular flexibility index (Phi) is 5.86. The zero-order valence-corrected chi connectivity index (χ0v) is 16.6. The molecule has 2 aromatic carbocycles. The van der Waals surface area contributed by atoms with Crippen LogP contribution in [0.4, 0.5) is 0 Å². The van der Waals surface area contributed by atoms with Gasteiger partial charge in [0.1, 0.15) is 5.60 Å². The van der Waals surface area contributed by atoms with E-state index in [1.165, 1.54) is 0 Å². The number of halogens is 1. The Bertz CT molecular complexity index is 781. The van der Waals surface area contributed by atoms with E-state index < -0.39 is 5.60 Å². The number of benzene rings is 2. The lowest BCUT2D eigenvalue weighted by molar-refractivity contribution is -0.0178. The summed E-state index contributed by atoms with van der Waals surface area (Å²) in [5, 5.41) is 12.8. The van der Waals surface area contributed by atoms with Crippen molar-refractivity contribution < 1.29 is 5.11 Å². The molecule has 3 rings (SSSR count). The lowest BCUT2D eigenvalue weighted by Crippen LogP contribution is -2.45. The molecule has 1 saturated carbocycles. The van der Waals surface area contributed by atoms with Crippen molar-refractivity contribution in [2.24, 2.45) is 5.92 Å². The zero-order chi connectivity index (χ0) is 18.7. The normalized spacial score (nSPS) is 25.0. The van der Waals surface area contributed by atoms with E-state index in [1.807, 2.05) is 36.4 Å². The van der Waals surface area contributed by atoms with Crippen LogP contribution in [0.5, 0.6) is 0 Å². The van der Waals surface area contributed by atoms with E-state index in [-0.39, 0.29) is 5.92 Å². The van der Waals surface area contributed by atoms with Gasteiger partial charge in [-0.05, 0) is 74.7 Å². The first-order chi connectivity index (χ1) is 12.4. The molecule has 2 aromatic rings. The average Bonchev–Trinajstić information content (AvgIpc) is 2.60. The van der Waals surface area contributed by atoms with Crippen LogP contribution in [-0.2, 0) is 5.60 Å². The van der Waals surface area contributed by atoms with Crippen LogP contribution in [0.3, 0.4) is 0 Å². The van der Waals surface area contributed by atoms with Gasteiger partial charge >= 0.3 is 0 Å². The van der Waals surface area contributed by atoms with Crippen LogP contribution in [0.25, 0.3) is 6.08 Å². The van der Waals surface area contributed by atoms with E-state index in [0.717, 1.165) is 53.1 Å². The second kappa shape index (κ2) is 7.96. The van der Waals surface area contributed by atoms with Gasteiger partial charge in [0.05, 0.1) is 0 Å². The van der Waals surface area contributed by atoms with Gasteiger partial charge in [-0.3, -0.25) is 0 Å². The zero-order valence-electron chi connectivity index (χ0n) is 15.9. The van der Waals surface area contributed by atoms with Crippen molar-refractivity contribution in [3.63, 3.8) is 0 Å². The molecule has 0 aliphatic heterocycles. The second-order valence-corrected chi connectivity index (χ2v) is 8.09. The number of rotatable bonds is 4. The van der Waals surface area contributed by atoms with Crippen molar-refractivity contribution in [2.45, 2.75) is 31.8 Å². The summed E-state index contributed by atoms with van der Waals surface area (Å²) in [5.74, 6) is 0.172. The molecule has 1 aliphatic rings. The number of hydrogen-bond donors (Lipinski definition) is 1. The number of nitrogens with zero attached hydrogens (tertiary/aromatic N) is 1. The molecule has 0 radical (unpaired) electrons. The van der Waals surface area contributed by atoms with Crippen molar-refractivity contribution in [1.29, 1.82) is 0 Å². The van der Waals surface area contributed by atoms with Crippen LogP contribution in [0.2, 0.25) is 5.02 Å². The molecule has 2 nitrogen and oxygen atoms in total. The Balaban J connectivity index is 2.11. The topological polar surface area (TPSA) is 23.5 Å². The van der Waals surface area contributed by atoms with Crippen LogP contribution >= 0.6 is 11.6 Å². The van der Waals surface area contributed by atoms with Gasteiger partial charge in [-0.2, -0.15) is 0 Å². The number of aryl methyl sites for hydroxylation is 1. The maximum atomic E-state index is 12.1. The first-order valence-electron chi connectivity index (χ1n) is 9.31. The monoisotopic (exact) mass is 369 g/mol. The molecule has 0 spiro atoms. The van der Waals surface area contributed by atoms with Crippen LogP contribution in [0.15, 0.2) is 54.1 Å². The van der Waals surface area contributed by atoms with E-state index in [9.17, 15) is 5.11 Å². The lowest BCUT2D eigenvalue weighted by Gasteiger charge is -2.44. The third kappa shape index (κ3) is 3.88. The summed E-state index contributed by atoms with van der Waals surface area (Å²) in [4.78, 5) is 2.18. The second-order valence-electron chi connectivity index (χ2n) is 7.65. The molecular formula is C23H28ClNO. The minimum Gasteiger partial charge on any atom is -0.380 e. The molecule has 0 aromatic heterocycles. The number of aliphatic hydroxyl groups is 1. The smallest absolute Gasteiger partial charge is 0.115 e. The molecular weight excluding hydrogens is 342 g/mol. The molecule has 1 aliphatic carbocycles. The molecule has 0 bridgehead atoms. The van der Waals surface area contributed by atoms with E-state index in [0.29, 0.717) is 0 Å². The van der Waals surface area contributed by atoms with Crippen molar-refractivity contribution in [3.05, 3.63) is 75.8 Å². The highest BCUT2D eigenvalue weighted by Gasteiger charge is 2.44. The van der Waals surface area contributed by atoms with Crippen molar-refractivity contribution in [1.82, 2.24) is 4.90 Å². The Hall–Kier alpha value is -1.61. The fourth-order valence-corrected chi connectivity index (χ4v) is 4.33. The standard InChI is InChI=1S/C23H28ClNO/c1-17-7-4-5-10-22(17)23(26)19(8-6-9-20(23)16-25(2)3)15-18-11-13-21(24)14-12-18/h4-5,7,10-15,20,26H,6,8-9,16H2,1-3H3. The molecule has 2 atom stereocenters. The highest BCUT2D eigenvalue weighted by Crippen LogP contribution is 2.47. The fourth-order valence-electron chi connectivity index (χ4n) is 4.20. The summed E-state index contributed by atoms with van der Waals surface area (Å²) in [7, 11) is 4.16. The average molecular weight is 370 g/mol. The first-order valence-corrected chi connectivity index (χ1v) is 9.69. The molecule has 0 heterocycles. The molecule has 3 heteroatoms. The van der Waals surface area contributed by atoms with Crippen LogP contribution in [-0.4, -0.2) is 30.6 Å². The Morgan fingerprint density at radius 1 is 1.15 bits per heavy atom. The maximum Gasteiger partial charge on any atom is 0.115 e. The van der Waals surface area contributed by atoms with E-state index in [1.54, 1.807) is 0 Å². The van der Waals surface area contributed by atoms with E-state index in [2.05, 4.69) is 44.1 Å². The summed E-state index contributed by atoms with van der Waals surface area (Å²) < 4.78 is 0. The summed E-state index contributed by atoms with van der Waals surface area (Å²) in [6, 6.07) is 16.1. The third-order valence-corrected chi connectivity index (χ3v) is 5.68. The van der Waals surface area contributed by atoms with Gasteiger partial charge in [0.15, 0.2) is 0 Å². The predicted octanol–water partition coefficient (Wildman–Crippen LogP) is 5.28. The molecule has 1 N–H and O–H groups in total. The van der Waals surface area contributed by atoms with Gasteiger partial charge < -0.3 is 10.0 Å². The van der Waals surface area contributed by atoms with Gasteiger partial charge in [0, 0.05) is 17.5 Å². The maximum absolute atomic E-state index is 12.1. The van der Waals surface area contributed by atoms with Gasteiger partial charge in [-0.25, -0.2) is 0 Å². The van der Waals surface area contributed by atoms with Gasteiger partial charge in [-0.1, -0.05) is 54.1 Å². The largest absolute Gasteiger partial charge is 0.380 e. The molecule has 26 heavy (non-hydrogen) atoms. The summed E-state index contributed by atoms with van der Waals surface area (Å²) in [5.41, 5.74) is 3.43. The summed E-state index contributed by atoms with van der Waals surface area (Å²) >= 11 is 6.03. The van der Waals surface area contributed by atoms with Crippen molar-refractivity contribution in [2.75, 3.05) is 20.6 Å². The van der Waals surface area contributed by atoms with Crippen LogP contribution in [0, 0.1) is 12.8 Å². The van der Waals surface area contributed by atoms with Crippen molar-refractivity contribution >= 4 is 17.7 Å². The van der Waals surface area contributed by atoms with Gasteiger partial charge in [0.25, 0.3) is 0 Å². The Morgan fingerprint density at radius 3 is 2.50 bits per heavy atom. The SMILES string of the molecule is Cc1ccccc1C1(O)C(=Cc2ccc(Cl)cc2)CCCC1CN(C)C. The van der Waals surface area contributed by atoms with E-state index >= 15 is 0 Å². The summed E-state index contributed by atoms with van der Waals surface area (Å²) in [6.07, 6.45) is 5.20. The molecule has 0 amide bonds. The highest BCUT2D eigenvalue weighted by atomic mass is 35.5. The Morgan fingerprint density at radius 2 is 1.85 bits per heavy atom. The number of hydrogen-bond acceptors (Lipinski definition) is 2. The minimum atomic E-state index is -0.937. The molecule has 2 unspecified atom stereocenters.